The van der Waals surface area contributed by atoms with Gasteiger partial charge >= 0.3 is 0 Å². The third kappa shape index (κ3) is 4.04. The van der Waals surface area contributed by atoms with E-state index < -0.39 is 0 Å². The van der Waals surface area contributed by atoms with E-state index in [0.717, 1.165) is 11.8 Å². The lowest BCUT2D eigenvalue weighted by atomic mass is 10.1. The summed E-state index contributed by atoms with van der Waals surface area (Å²) in [6.07, 6.45) is 3.86. The first-order valence-corrected chi connectivity index (χ1v) is 7.42. The molecule has 17 heavy (non-hydrogen) atoms. The topological polar surface area (TPSA) is 12.0 Å². The van der Waals surface area contributed by atoms with Gasteiger partial charge in [-0.2, -0.15) is 0 Å². The third-order valence-corrected chi connectivity index (χ3v) is 4.46. The second kappa shape index (κ2) is 5.45. The van der Waals surface area contributed by atoms with Gasteiger partial charge in [-0.25, -0.2) is 0 Å². The van der Waals surface area contributed by atoms with Gasteiger partial charge in [-0.3, -0.25) is 0 Å². The number of nitrogens with one attached hydrogen (secondary N) is 1. The summed E-state index contributed by atoms with van der Waals surface area (Å²) in [6, 6.07) is 8.83. The van der Waals surface area contributed by atoms with E-state index in [1.807, 2.05) is 0 Å². The SMILES string of the molecule is CC(C)(C)NCCCC1Cc2ccccc2S1. The molecule has 2 rings (SSSR count). The van der Waals surface area contributed by atoms with Crippen molar-refractivity contribution in [3.63, 3.8) is 0 Å². The molecule has 1 unspecified atom stereocenters. The Morgan fingerprint density at radius 1 is 1.29 bits per heavy atom. The van der Waals surface area contributed by atoms with Crippen LogP contribution >= 0.6 is 11.8 Å². The zero-order chi connectivity index (χ0) is 12.3. The van der Waals surface area contributed by atoms with Crippen molar-refractivity contribution in [2.45, 2.75) is 55.7 Å². The van der Waals surface area contributed by atoms with Crippen molar-refractivity contribution < 1.29 is 0 Å². The lowest BCUT2D eigenvalue weighted by Crippen LogP contribution is -2.36. The van der Waals surface area contributed by atoms with Crippen molar-refractivity contribution in [3.8, 4) is 0 Å². The summed E-state index contributed by atoms with van der Waals surface area (Å²) < 4.78 is 0. The summed E-state index contributed by atoms with van der Waals surface area (Å²) in [5.41, 5.74) is 1.80. The Bertz CT molecular complexity index is 342. The molecule has 0 spiro atoms. The maximum Gasteiger partial charge on any atom is 0.0136 e. The fraction of sp³-hybridized carbons (Fsp3) is 0.600. The number of thioether (sulfide) groups is 1. The molecule has 94 valence electrons. The molecule has 1 aromatic rings. The number of hydrogen-bond acceptors (Lipinski definition) is 2. The Morgan fingerprint density at radius 2 is 2.06 bits per heavy atom. The fourth-order valence-corrected chi connectivity index (χ4v) is 3.57. The standard InChI is InChI=1S/C15H23NS/c1-15(2,3)16-10-6-8-13-11-12-7-4-5-9-14(12)17-13/h4-5,7,9,13,16H,6,8,10-11H2,1-3H3. The van der Waals surface area contributed by atoms with Crippen LogP contribution in [0.15, 0.2) is 29.2 Å². The van der Waals surface area contributed by atoms with Crippen LogP contribution in [0, 0.1) is 0 Å². The average molecular weight is 249 g/mol. The number of hydrogen-bond donors (Lipinski definition) is 1. The predicted molar refractivity (Wildman–Crippen MR) is 76.8 cm³/mol. The Labute approximate surface area is 109 Å². The Kier molecular flexibility index (Phi) is 4.16. The summed E-state index contributed by atoms with van der Waals surface area (Å²) in [7, 11) is 0. The summed E-state index contributed by atoms with van der Waals surface area (Å²) in [5, 5.41) is 4.36. The number of benzene rings is 1. The molecule has 1 aromatic carbocycles. The van der Waals surface area contributed by atoms with Gasteiger partial charge in [-0.15, -0.1) is 11.8 Å². The quantitative estimate of drug-likeness (QED) is 0.813. The molecular formula is C15H23NS. The van der Waals surface area contributed by atoms with Crippen LogP contribution in [0.3, 0.4) is 0 Å². The monoisotopic (exact) mass is 249 g/mol. The zero-order valence-corrected chi connectivity index (χ0v) is 11.9. The van der Waals surface area contributed by atoms with Gasteiger partial charge in [0.1, 0.15) is 0 Å². The largest absolute Gasteiger partial charge is 0.312 e. The first-order chi connectivity index (χ1) is 8.04. The minimum atomic E-state index is 0.256. The summed E-state index contributed by atoms with van der Waals surface area (Å²) in [6.45, 7) is 7.82. The number of fused-ring (bicyclic) bond motifs is 1. The second-order valence-corrected chi connectivity index (χ2v) is 7.21. The van der Waals surface area contributed by atoms with Crippen LogP contribution < -0.4 is 5.32 Å². The van der Waals surface area contributed by atoms with Crippen LogP contribution in [0.1, 0.15) is 39.2 Å². The van der Waals surface area contributed by atoms with Gasteiger partial charge < -0.3 is 5.32 Å². The van der Waals surface area contributed by atoms with Gasteiger partial charge in [0.05, 0.1) is 0 Å². The van der Waals surface area contributed by atoms with E-state index in [9.17, 15) is 0 Å². The molecule has 2 heteroatoms. The summed E-state index contributed by atoms with van der Waals surface area (Å²) in [4.78, 5) is 1.50. The van der Waals surface area contributed by atoms with Crippen molar-refractivity contribution in [1.29, 1.82) is 0 Å². The van der Waals surface area contributed by atoms with E-state index in [1.165, 1.54) is 24.2 Å². The lowest BCUT2D eigenvalue weighted by molar-refractivity contribution is 0.418. The highest BCUT2D eigenvalue weighted by Crippen LogP contribution is 2.38. The van der Waals surface area contributed by atoms with Gasteiger partial charge in [0.25, 0.3) is 0 Å². The highest BCUT2D eigenvalue weighted by Gasteiger charge is 2.21. The fourth-order valence-electron chi connectivity index (χ4n) is 2.21. The van der Waals surface area contributed by atoms with Crippen molar-refractivity contribution in [2.24, 2.45) is 0 Å². The first kappa shape index (κ1) is 13.0. The molecule has 0 aromatic heterocycles. The van der Waals surface area contributed by atoms with E-state index in [4.69, 9.17) is 0 Å². The Hall–Kier alpha value is -0.470. The highest BCUT2D eigenvalue weighted by atomic mass is 32.2. The molecule has 0 radical (unpaired) electrons. The van der Waals surface area contributed by atoms with E-state index in [-0.39, 0.29) is 5.54 Å². The van der Waals surface area contributed by atoms with Gasteiger partial charge in [0.15, 0.2) is 0 Å². The summed E-state index contributed by atoms with van der Waals surface area (Å²) in [5.74, 6) is 0. The molecule has 0 fully saturated rings. The molecule has 1 N–H and O–H groups in total. The molecule has 0 aliphatic carbocycles. The van der Waals surface area contributed by atoms with Crippen LogP contribution in [-0.2, 0) is 6.42 Å². The smallest absolute Gasteiger partial charge is 0.0136 e. The van der Waals surface area contributed by atoms with Crippen molar-refractivity contribution >= 4 is 11.8 Å². The zero-order valence-electron chi connectivity index (χ0n) is 11.1. The van der Waals surface area contributed by atoms with E-state index in [1.54, 1.807) is 5.56 Å². The van der Waals surface area contributed by atoms with Gasteiger partial charge in [-0.05, 0) is 58.2 Å². The van der Waals surface area contributed by atoms with Crippen molar-refractivity contribution in [1.82, 2.24) is 5.32 Å². The minimum Gasteiger partial charge on any atom is -0.312 e. The molecule has 0 saturated carbocycles. The molecule has 1 aliphatic rings. The molecule has 1 atom stereocenters. The lowest BCUT2D eigenvalue weighted by Gasteiger charge is -2.20. The summed E-state index contributed by atoms with van der Waals surface area (Å²) >= 11 is 2.07. The maximum absolute atomic E-state index is 3.56. The van der Waals surface area contributed by atoms with Crippen LogP contribution in [0.5, 0.6) is 0 Å². The second-order valence-electron chi connectivity index (χ2n) is 5.87. The highest BCUT2D eigenvalue weighted by molar-refractivity contribution is 8.00. The van der Waals surface area contributed by atoms with Crippen molar-refractivity contribution in [3.05, 3.63) is 29.8 Å². The van der Waals surface area contributed by atoms with Crippen LogP contribution in [-0.4, -0.2) is 17.3 Å². The van der Waals surface area contributed by atoms with Crippen LogP contribution in [0.25, 0.3) is 0 Å². The molecular weight excluding hydrogens is 226 g/mol. The van der Waals surface area contributed by atoms with Gasteiger partial charge in [0, 0.05) is 15.7 Å². The molecule has 0 amide bonds. The minimum absolute atomic E-state index is 0.256. The molecule has 1 heterocycles. The van der Waals surface area contributed by atoms with Gasteiger partial charge in [0.2, 0.25) is 0 Å². The predicted octanol–water partition coefficient (Wildman–Crippen LogP) is 3.87. The molecule has 1 aliphatic heterocycles. The molecule has 0 bridgehead atoms. The molecule has 1 nitrogen and oxygen atoms in total. The van der Waals surface area contributed by atoms with Crippen molar-refractivity contribution in [2.75, 3.05) is 6.54 Å². The van der Waals surface area contributed by atoms with E-state index >= 15 is 0 Å². The van der Waals surface area contributed by atoms with Crippen LogP contribution in [0.4, 0.5) is 0 Å². The van der Waals surface area contributed by atoms with Crippen LogP contribution in [0.2, 0.25) is 0 Å². The third-order valence-electron chi connectivity index (χ3n) is 3.07. The maximum atomic E-state index is 3.56. The Balaban J connectivity index is 1.70. The number of rotatable bonds is 4. The van der Waals surface area contributed by atoms with E-state index in [0.29, 0.717) is 0 Å². The molecule has 0 saturated heterocycles. The first-order valence-electron chi connectivity index (χ1n) is 6.54. The van der Waals surface area contributed by atoms with Gasteiger partial charge in [-0.1, -0.05) is 18.2 Å². The Morgan fingerprint density at radius 3 is 2.76 bits per heavy atom. The normalized spacial score (nSPS) is 19.4. The van der Waals surface area contributed by atoms with E-state index in [2.05, 4.69) is 62.1 Å². The average Bonchev–Trinajstić information content (AvgIpc) is 2.65.